The van der Waals surface area contributed by atoms with Crippen molar-refractivity contribution in [2.75, 3.05) is 14.2 Å². The van der Waals surface area contributed by atoms with E-state index in [1.165, 1.54) is 14.2 Å². The molecule has 2 aromatic rings. The van der Waals surface area contributed by atoms with Crippen LogP contribution in [-0.2, 0) is 13.8 Å². The SMILES string of the molecule is COC(=O)c1ccc(-c2ccccc2[PH](=O)OC)cc1. The zero-order valence-electron chi connectivity index (χ0n) is 11.3. The molecule has 2 rings (SSSR count). The second-order valence-electron chi connectivity index (χ2n) is 4.11. The molecular formula is C15H15O4P. The van der Waals surface area contributed by atoms with E-state index >= 15 is 0 Å². The van der Waals surface area contributed by atoms with E-state index in [4.69, 9.17) is 4.52 Å². The number of esters is 1. The van der Waals surface area contributed by atoms with Crippen LogP contribution >= 0.6 is 8.03 Å². The van der Waals surface area contributed by atoms with Crippen LogP contribution in [0.5, 0.6) is 0 Å². The summed E-state index contributed by atoms with van der Waals surface area (Å²) in [6, 6.07) is 14.3. The van der Waals surface area contributed by atoms with Crippen molar-refractivity contribution in [2.24, 2.45) is 0 Å². The van der Waals surface area contributed by atoms with Gasteiger partial charge in [-0.3, -0.25) is 4.57 Å². The van der Waals surface area contributed by atoms with Gasteiger partial charge in [0.1, 0.15) is 0 Å². The lowest BCUT2D eigenvalue weighted by Crippen LogP contribution is -2.03. The minimum absolute atomic E-state index is 0.379. The summed E-state index contributed by atoms with van der Waals surface area (Å²) >= 11 is 0. The van der Waals surface area contributed by atoms with E-state index < -0.39 is 8.03 Å². The summed E-state index contributed by atoms with van der Waals surface area (Å²) < 4.78 is 21.5. The number of hydrogen-bond acceptors (Lipinski definition) is 4. The van der Waals surface area contributed by atoms with Gasteiger partial charge in [-0.2, -0.15) is 0 Å². The van der Waals surface area contributed by atoms with Gasteiger partial charge < -0.3 is 9.26 Å². The first kappa shape index (κ1) is 14.5. The molecule has 0 aliphatic heterocycles. The fraction of sp³-hybridized carbons (Fsp3) is 0.133. The highest BCUT2D eigenvalue weighted by molar-refractivity contribution is 7.48. The lowest BCUT2D eigenvalue weighted by Gasteiger charge is -2.09. The van der Waals surface area contributed by atoms with Crippen LogP contribution in [0.25, 0.3) is 11.1 Å². The molecule has 0 aliphatic carbocycles. The molecule has 0 saturated carbocycles. The third kappa shape index (κ3) is 2.98. The van der Waals surface area contributed by atoms with Crippen LogP contribution in [0.4, 0.5) is 0 Å². The average Bonchev–Trinajstić information content (AvgIpc) is 2.53. The van der Waals surface area contributed by atoms with Crippen LogP contribution in [0.15, 0.2) is 48.5 Å². The zero-order valence-corrected chi connectivity index (χ0v) is 12.3. The van der Waals surface area contributed by atoms with Crippen LogP contribution in [0, 0.1) is 0 Å². The molecule has 0 amide bonds. The molecule has 0 N–H and O–H groups in total. The molecule has 0 heterocycles. The second-order valence-corrected chi connectivity index (χ2v) is 5.63. The highest BCUT2D eigenvalue weighted by Crippen LogP contribution is 2.28. The maximum absolute atomic E-state index is 11.9. The lowest BCUT2D eigenvalue weighted by molar-refractivity contribution is 0.0601. The van der Waals surface area contributed by atoms with Gasteiger partial charge in [0.15, 0.2) is 0 Å². The molecule has 0 aliphatic rings. The van der Waals surface area contributed by atoms with Crippen LogP contribution in [0.3, 0.4) is 0 Å². The predicted molar refractivity (Wildman–Crippen MR) is 78.9 cm³/mol. The number of benzene rings is 2. The zero-order chi connectivity index (χ0) is 14.5. The maximum atomic E-state index is 11.9. The third-order valence-electron chi connectivity index (χ3n) is 2.95. The van der Waals surface area contributed by atoms with Gasteiger partial charge in [0.25, 0.3) is 0 Å². The molecule has 0 aromatic heterocycles. The highest BCUT2D eigenvalue weighted by atomic mass is 31.1. The Hall–Kier alpha value is -1.90. The summed E-state index contributed by atoms with van der Waals surface area (Å²) in [6.07, 6.45) is 0. The number of hydrogen-bond donors (Lipinski definition) is 0. The Labute approximate surface area is 118 Å². The Morgan fingerprint density at radius 2 is 1.65 bits per heavy atom. The van der Waals surface area contributed by atoms with Crippen molar-refractivity contribution >= 4 is 19.3 Å². The highest BCUT2D eigenvalue weighted by Gasteiger charge is 2.11. The Balaban J connectivity index is 2.42. The van der Waals surface area contributed by atoms with Crippen molar-refractivity contribution < 1.29 is 18.6 Å². The predicted octanol–water partition coefficient (Wildman–Crippen LogP) is 2.89. The maximum Gasteiger partial charge on any atom is 0.337 e. The summed E-state index contributed by atoms with van der Waals surface area (Å²) in [6.45, 7) is 0. The molecule has 0 spiro atoms. The number of carbonyl (C=O) groups excluding carboxylic acids is 1. The van der Waals surface area contributed by atoms with Gasteiger partial charge >= 0.3 is 5.97 Å². The summed E-state index contributed by atoms with van der Waals surface area (Å²) in [5, 5.41) is 0.672. The van der Waals surface area contributed by atoms with Crippen molar-refractivity contribution in [2.45, 2.75) is 0 Å². The Morgan fingerprint density at radius 3 is 2.25 bits per heavy atom. The van der Waals surface area contributed by atoms with Gasteiger partial charge in [-0.05, 0) is 29.3 Å². The van der Waals surface area contributed by atoms with E-state index in [1.807, 2.05) is 18.2 Å². The lowest BCUT2D eigenvalue weighted by atomic mass is 10.0. The minimum Gasteiger partial charge on any atom is -0.465 e. The molecule has 104 valence electrons. The first-order valence-electron chi connectivity index (χ1n) is 6.03. The van der Waals surface area contributed by atoms with E-state index in [2.05, 4.69) is 4.74 Å². The summed E-state index contributed by atoms with van der Waals surface area (Å²) in [7, 11) is 0.517. The van der Waals surface area contributed by atoms with E-state index in [1.54, 1.807) is 30.3 Å². The molecule has 1 unspecified atom stereocenters. The smallest absolute Gasteiger partial charge is 0.337 e. The van der Waals surface area contributed by atoms with Gasteiger partial charge in [0, 0.05) is 12.4 Å². The summed E-state index contributed by atoms with van der Waals surface area (Å²) in [5.41, 5.74) is 2.20. The Bertz CT molecular complexity index is 635. The quantitative estimate of drug-likeness (QED) is 0.642. The molecular weight excluding hydrogens is 275 g/mol. The number of ether oxygens (including phenoxy) is 1. The van der Waals surface area contributed by atoms with Gasteiger partial charge in [0.05, 0.1) is 12.7 Å². The molecule has 4 nitrogen and oxygen atoms in total. The molecule has 0 radical (unpaired) electrons. The van der Waals surface area contributed by atoms with E-state index in [0.717, 1.165) is 11.1 Å². The molecule has 0 fully saturated rings. The summed E-state index contributed by atoms with van der Waals surface area (Å²) in [4.78, 5) is 11.4. The molecule has 1 atom stereocenters. The van der Waals surface area contributed by atoms with E-state index in [9.17, 15) is 9.36 Å². The van der Waals surface area contributed by atoms with Crippen LogP contribution in [0.2, 0.25) is 0 Å². The van der Waals surface area contributed by atoms with Crippen molar-refractivity contribution in [1.29, 1.82) is 0 Å². The normalized spacial score (nSPS) is 11.9. The first-order chi connectivity index (χ1) is 9.67. The van der Waals surface area contributed by atoms with Crippen LogP contribution in [0.1, 0.15) is 10.4 Å². The topological polar surface area (TPSA) is 52.6 Å². The largest absolute Gasteiger partial charge is 0.465 e. The first-order valence-corrected chi connectivity index (χ1v) is 7.35. The van der Waals surface area contributed by atoms with Gasteiger partial charge in [-0.15, -0.1) is 0 Å². The van der Waals surface area contributed by atoms with Crippen molar-refractivity contribution in [3.63, 3.8) is 0 Å². The Kier molecular flexibility index (Phi) is 4.72. The fourth-order valence-electron chi connectivity index (χ4n) is 1.93. The van der Waals surface area contributed by atoms with Crippen molar-refractivity contribution in [3.8, 4) is 11.1 Å². The molecule has 5 heteroatoms. The molecule has 0 saturated heterocycles. The third-order valence-corrected chi connectivity index (χ3v) is 4.20. The average molecular weight is 290 g/mol. The van der Waals surface area contributed by atoms with Crippen LogP contribution in [-0.4, -0.2) is 20.2 Å². The van der Waals surface area contributed by atoms with E-state index in [0.29, 0.717) is 10.9 Å². The van der Waals surface area contributed by atoms with Crippen molar-refractivity contribution in [3.05, 3.63) is 54.1 Å². The van der Waals surface area contributed by atoms with Gasteiger partial charge in [0.2, 0.25) is 8.03 Å². The van der Waals surface area contributed by atoms with Gasteiger partial charge in [-0.25, -0.2) is 4.79 Å². The molecule has 20 heavy (non-hydrogen) atoms. The Morgan fingerprint density at radius 1 is 1.00 bits per heavy atom. The van der Waals surface area contributed by atoms with Crippen LogP contribution < -0.4 is 5.30 Å². The molecule has 0 bridgehead atoms. The fourth-order valence-corrected chi connectivity index (χ4v) is 2.83. The summed E-state index contributed by atoms with van der Waals surface area (Å²) in [5.74, 6) is -0.379. The standard InChI is InChI=1S/C15H15O4P/c1-18-15(16)12-9-7-11(8-10-12)13-5-3-4-6-14(13)20(17)19-2/h3-10,20H,1-2H3. The monoisotopic (exact) mass is 290 g/mol. The van der Waals surface area contributed by atoms with E-state index in [-0.39, 0.29) is 5.97 Å². The van der Waals surface area contributed by atoms with Crippen molar-refractivity contribution in [1.82, 2.24) is 0 Å². The molecule has 2 aromatic carbocycles. The number of carbonyl (C=O) groups is 1. The van der Waals surface area contributed by atoms with Gasteiger partial charge in [-0.1, -0.05) is 30.3 Å². The number of methoxy groups -OCH3 is 1. The second kappa shape index (κ2) is 6.51. The number of rotatable bonds is 4. The minimum atomic E-state index is -2.26.